The maximum absolute atomic E-state index is 13.0. The molecule has 0 atom stereocenters. The lowest BCUT2D eigenvalue weighted by molar-refractivity contribution is 0.354. The monoisotopic (exact) mass is 379 g/mol. The molecule has 0 bridgehead atoms. The van der Waals surface area contributed by atoms with E-state index < -0.39 is 10.0 Å². The third kappa shape index (κ3) is 3.94. The van der Waals surface area contributed by atoms with Crippen molar-refractivity contribution in [3.63, 3.8) is 0 Å². The van der Waals surface area contributed by atoms with E-state index in [1.54, 1.807) is 59.6 Å². The molecule has 6 nitrogen and oxygen atoms in total. The minimum atomic E-state index is -3.64. The molecule has 0 saturated carbocycles. The third-order valence-corrected chi connectivity index (χ3v) is 6.18. The van der Waals surface area contributed by atoms with E-state index in [0.29, 0.717) is 22.8 Å². The number of benzene rings is 2. The first-order valence-corrected chi connectivity index (χ1v) is 9.51. The van der Waals surface area contributed by atoms with E-state index in [1.807, 2.05) is 13.0 Å². The number of nitrogens with zero attached hydrogens (tertiary/aromatic N) is 1. The van der Waals surface area contributed by atoms with E-state index in [9.17, 15) is 8.42 Å². The van der Waals surface area contributed by atoms with Gasteiger partial charge in [0, 0.05) is 13.6 Å². The predicted octanol–water partition coefficient (Wildman–Crippen LogP) is 3.15. The van der Waals surface area contributed by atoms with Gasteiger partial charge in [-0.3, -0.25) is 0 Å². The first-order valence-electron chi connectivity index (χ1n) is 8.07. The van der Waals surface area contributed by atoms with Crippen molar-refractivity contribution >= 4 is 10.0 Å². The van der Waals surface area contributed by atoms with Crippen molar-refractivity contribution in [3.8, 4) is 17.2 Å². The van der Waals surface area contributed by atoms with Gasteiger partial charge in [-0.15, -0.1) is 0 Å². The van der Waals surface area contributed by atoms with Gasteiger partial charge >= 0.3 is 0 Å². The van der Waals surface area contributed by atoms with Gasteiger partial charge in [0.25, 0.3) is 0 Å². The standard InChI is InChI=1S/C19H25NO5S/c1-13-10-19(14(2)9-17(13)24-5)26(21,22)20(3)12-15-7-8-16(23-4)18(11-15)25-6/h7-11H,12H2,1-6H3. The third-order valence-electron chi connectivity index (χ3n) is 4.23. The number of hydrogen-bond donors (Lipinski definition) is 0. The topological polar surface area (TPSA) is 65.1 Å². The second kappa shape index (κ2) is 7.97. The Morgan fingerprint density at radius 3 is 2.04 bits per heavy atom. The lowest BCUT2D eigenvalue weighted by Gasteiger charge is -2.20. The van der Waals surface area contributed by atoms with E-state index >= 15 is 0 Å². The average Bonchev–Trinajstić information content (AvgIpc) is 2.62. The summed E-state index contributed by atoms with van der Waals surface area (Å²) in [6, 6.07) is 8.74. The Labute approximate surface area is 155 Å². The molecule has 2 aromatic carbocycles. The highest BCUT2D eigenvalue weighted by atomic mass is 32.2. The van der Waals surface area contributed by atoms with Crippen molar-refractivity contribution in [2.24, 2.45) is 0 Å². The Morgan fingerprint density at radius 1 is 0.846 bits per heavy atom. The number of ether oxygens (including phenoxy) is 3. The van der Waals surface area contributed by atoms with Crippen LogP contribution in [0.15, 0.2) is 35.2 Å². The van der Waals surface area contributed by atoms with Gasteiger partial charge in [-0.25, -0.2) is 8.42 Å². The van der Waals surface area contributed by atoms with Crippen molar-refractivity contribution in [1.82, 2.24) is 4.31 Å². The van der Waals surface area contributed by atoms with Crippen molar-refractivity contribution in [2.45, 2.75) is 25.3 Å². The lowest BCUT2D eigenvalue weighted by atomic mass is 10.1. The minimum absolute atomic E-state index is 0.215. The number of sulfonamides is 1. The molecule has 0 unspecified atom stereocenters. The maximum Gasteiger partial charge on any atom is 0.243 e. The van der Waals surface area contributed by atoms with Gasteiger partial charge in [0.1, 0.15) is 5.75 Å². The van der Waals surface area contributed by atoms with E-state index in [4.69, 9.17) is 14.2 Å². The summed E-state index contributed by atoms with van der Waals surface area (Å²) < 4.78 is 43.1. The molecule has 0 N–H and O–H groups in total. The summed E-state index contributed by atoms with van der Waals surface area (Å²) in [6.45, 7) is 3.80. The normalized spacial score (nSPS) is 11.5. The van der Waals surface area contributed by atoms with Gasteiger partial charge in [-0.05, 0) is 54.8 Å². The summed E-state index contributed by atoms with van der Waals surface area (Å²) in [5.74, 6) is 1.83. The molecule has 0 aliphatic carbocycles. The summed E-state index contributed by atoms with van der Waals surface area (Å²) in [6.07, 6.45) is 0. The molecule has 0 aliphatic rings. The van der Waals surface area contributed by atoms with E-state index in [1.165, 1.54) is 4.31 Å². The molecule has 2 rings (SSSR count). The Morgan fingerprint density at radius 2 is 1.46 bits per heavy atom. The largest absolute Gasteiger partial charge is 0.496 e. The first kappa shape index (κ1) is 20.1. The molecule has 0 saturated heterocycles. The molecule has 0 fully saturated rings. The molecule has 142 valence electrons. The molecular weight excluding hydrogens is 354 g/mol. The van der Waals surface area contributed by atoms with E-state index in [-0.39, 0.29) is 11.4 Å². The molecule has 26 heavy (non-hydrogen) atoms. The SMILES string of the molecule is COc1cc(C)c(S(=O)(=O)N(C)Cc2ccc(OC)c(OC)c2)cc1C. The molecule has 0 aromatic heterocycles. The summed E-state index contributed by atoms with van der Waals surface area (Å²) in [7, 11) is 2.59. The molecule has 0 spiro atoms. The van der Waals surface area contributed by atoms with Crippen LogP contribution in [0, 0.1) is 13.8 Å². The van der Waals surface area contributed by atoms with Gasteiger partial charge in [-0.1, -0.05) is 6.07 Å². The molecular formula is C19H25NO5S. The number of aryl methyl sites for hydroxylation is 2. The number of methoxy groups -OCH3 is 3. The van der Waals surface area contributed by atoms with Gasteiger partial charge in [0.15, 0.2) is 11.5 Å². The van der Waals surface area contributed by atoms with Crippen molar-refractivity contribution in [3.05, 3.63) is 47.0 Å². The molecule has 7 heteroatoms. The highest BCUT2D eigenvalue weighted by Crippen LogP contribution is 2.30. The summed E-state index contributed by atoms with van der Waals surface area (Å²) in [4.78, 5) is 0.277. The summed E-state index contributed by atoms with van der Waals surface area (Å²) >= 11 is 0. The maximum atomic E-state index is 13.0. The second-order valence-electron chi connectivity index (χ2n) is 6.04. The zero-order valence-electron chi connectivity index (χ0n) is 16.0. The van der Waals surface area contributed by atoms with Gasteiger partial charge in [-0.2, -0.15) is 4.31 Å². The van der Waals surface area contributed by atoms with Crippen LogP contribution in [0.3, 0.4) is 0 Å². The van der Waals surface area contributed by atoms with Crippen LogP contribution in [-0.2, 0) is 16.6 Å². The zero-order chi connectivity index (χ0) is 19.5. The Bertz CT molecular complexity index is 893. The molecule has 2 aromatic rings. The van der Waals surface area contributed by atoms with Crippen molar-refractivity contribution < 1.29 is 22.6 Å². The predicted molar refractivity (Wildman–Crippen MR) is 101 cm³/mol. The molecule has 0 radical (unpaired) electrons. The zero-order valence-corrected chi connectivity index (χ0v) is 16.8. The van der Waals surface area contributed by atoms with Crippen LogP contribution in [0.2, 0.25) is 0 Å². The molecule has 0 aliphatic heterocycles. The highest BCUT2D eigenvalue weighted by molar-refractivity contribution is 7.89. The summed E-state index contributed by atoms with van der Waals surface area (Å²) in [5.41, 5.74) is 2.22. The van der Waals surface area contributed by atoms with Crippen LogP contribution in [0.25, 0.3) is 0 Å². The first-order chi connectivity index (χ1) is 12.2. The van der Waals surface area contributed by atoms with Crippen LogP contribution in [0.4, 0.5) is 0 Å². The second-order valence-corrected chi connectivity index (χ2v) is 8.05. The van der Waals surface area contributed by atoms with Crippen LogP contribution in [0.5, 0.6) is 17.2 Å². The van der Waals surface area contributed by atoms with E-state index in [0.717, 1.165) is 11.1 Å². The minimum Gasteiger partial charge on any atom is -0.496 e. The summed E-state index contributed by atoms with van der Waals surface area (Å²) in [5, 5.41) is 0. The number of hydrogen-bond acceptors (Lipinski definition) is 5. The molecule has 0 heterocycles. The number of rotatable bonds is 7. The van der Waals surface area contributed by atoms with Crippen LogP contribution in [0.1, 0.15) is 16.7 Å². The van der Waals surface area contributed by atoms with Crippen LogP contribution >= 0.6 is 0 Å². The van der Waals surface area contributed by atoms with Crippen molar-refractivity contribution in [1.29, 1.82) is 0 Å². The lowest BCUT2D eigenvalue weighted by Crippen LogP contribution is -2.27. The Kier molecular flexibility index (Phi) is 6.15. The van der Waals surface area contributed by atoms with Crippen LogP contribution < -0.4 is 14.2 Å². The fourth-order valence-electron chi connectivity index (χ4n) is 2.75. The Hall–Kier alpha value is -2.25. The quantitative estimate of drug-likeness (QED) is 0.739. The van der Waals surface area contributed by atoms with Crippen molar-refractivity contribution in [2.75, 3.05) is 28.4 Å². The van der Waals surface area contributed by atoms with Crippen LogP contribution in [-0.4, -0.2) is 41.1 Å². The fourth-order valence-corrected chi connectivity index (χ4v) is 4.20. The highest BCUT2D eigenvalue weighted by Gasteiger charge is 2.24. The fraction of sp³-hybridized carbons (Fsp3) is 0.368. The smallest absolute Gasteiger partial charge is 0.243 e. The van der Waals surface area contributed by atoms with Gasteiger partial charge in [0.05, 0.1) is 26.2 Å². The van der Waals surface area contributed by atoms with Gasteiger partial charge < -0.3 is 14.2 Å². The van der Waals surface area contributed by atoms with E-state index in [2.05, 4.69) is 0 Å². The molecule has 0 amide bonds. The average molecular weight is 379 g/mol. The van der Waals surface area contributed by atoms with Gasteiger partial charge in [0.2, 0.25) is 10.0 Å². The Balaban J connectivity index is 2.34.